The zero-order valence-corrected chi connectivity index (χ0v) is 7.44. The fourth-order valence-electron chi connectivity index (χ4n) is 1.07. The molecule has 0 atom stereocenters. The molecule has 14 heavy (non-hydrogen) atoms. The standard InChI is InChI=1S/C8H4ClF2NO2/c9-4-1-2-6-5(3-4)12-7(13)8(10,11)14-6/h1-3H,(H,12,13). The maximum atomic E-state index is 12.7. The topological polar surface area (TPSA) is 38.3 Å². The number of carbonyl (C=O) groups is 1. The number of ether oxygens (including phenoxy) is 1. The number of rotatable bonds is 0. The van der Waals surface area contributed by atoms with E-state index in [-0.39, 0.29) is 11.4 Å². The molecule has 0 bridgehead atoms. The summed E-state index contributed by atoms with van der Waals surface area (Å²) < 4.78 is 29.6. The molecular formula is C8H4ClF2NO2. The van der Waals surface area contributed by atoms with Crippen molar-refractivity contribution in [3.8, 4) is 5.75 Å². The Bertz CT molecular complexity index is 408. The van der Waals surface area contributed by atoms with Crippen LogP contribution in [-0.2, 0) is 4.79 Å². The van der Waals surface area contributed by atoms with Crippen molar-refractivity contribution in [1.29, 1.82) is 0 Å². The predicted molar refractivity (Wildman–Crippen MR) is 45.7 cm³/mol. The Morgan fingerprint density at radius 2 is 2.14 bits per heavy atom. The van der Waals surface area contributed by atoms with Crippen LogP contribution in [0.1, 0.15) is 0 Å². The average molecular weight is 220 g/mol. The van der Waals surface area contributed by atoms with Gasteiger partial charge in [-0.2, -0.15) is 8.78 Å². The van der Waals surface area contributed by atoms with Gasteiger partial charge in [0.15, 0.2) is 5.75 Å². The normalized spacial score (nSPS) is 18.1. The van der Waals surface area contributed by atoms with Gasteiger partial charge in [0.1, 0.15) is 0 Å². The van der Waals surface area contributed by atoms with Crippen molar-refractivity contribution in [3.05, 3.63) is 23.2 Å². The first-order chi connectivity index (χ1) is 6.49. The molecule has 1 N–H and O–H groups in total. The Hall–Kier alpha value is -1.36. The first kappa shape index (κ1) is 9.21. The van der Waals surface area contributed by atoms with Gasteiger partial charge in [0.05, 0.1) is 5.69 Å². The van der Waals surface area contributed by atoms with E-state index in [0.29, 0.717) is 5.02 Å². The van der Waals surface area contributed by atoms with Crippen LogP contribution in [0.2, 0.25) is 5.02 Å². The maximum Gasteiger partial charge on any atom is 0.482 e. The second-order valence-corrected chi connectivity index (χ2v) is 3.15. The zero-order valence-electron chi connectivity index (χ0n) is 6.68. The third kappa shape index (κ3) is 1.39. The molecule has 0 saturated heterocycles. The molecule has 0 aromatic heterocycles. The number of hydrogen-bond donors (Lipinski definition) is 1. The van der Waals surface area contributed by atoms with Crippen LogP contribution in [0.15, 0.2) is 18.2 Å². The Labute approximate surface area is 82.6 Å². The average Bonchev–Trinajstić information content (AvgIpc) is 2.08. The molecule has 3 nitrogen and oxygen atoms in total. The molecule has 0 unspecified atom stereocenters. The van der Waals surface area contributed by atoms with Gasteiger partial charge in [-0.3, -0.25) is 4.79 Å². The van der Waals surface area contributed by atoms with Crippen LogP contribution in [0.3, 0.4) is 0 Å². The second kappa shape index (κ2) is 2.81. The summed E-state index contributed by atoms with van der Waals surface area (Å²) in [5.41, 5.74) is 0.147. The molecule has 0 spiro atoms. The van der Waals surface area contributed by atoms with Gasteiger partial charge in [0.2, 0.25) is 0 Å². The largest absolute Gasteiger partial charge is 0.482 e. The monoisotopic (exact) mass is 219 g/mol. The van der Waals surface area contributed by atoms with E-state index in [1.54, 1.807) is 0 Å². The maximum absolute atomic E-state index is 12.7. The predicted octanol–water partition coefficient (Wildman–Crippen LogP) is 2.26. The van der Waals surface area contributed by atoms with Crippen molar-refractivity contribution in [3.63, 3.8) is 0 Å². The van der Waals surface area contributed by atoms with E-state index in [1.807, 2.05) is 5.32 Å². The molecule has 1 aliphatic rings. The highest BCUT2D eigenvalue weighted by molar-refractivity contribution is 6.31. The van der Waals surface area contributed by atoms with Crippen LogP contribution in [0.5, 0.6) is 5.75 Å². The number of alkyl halides is 2. The first-order valence-electron chi connectivity index (χ1n) is 3.67. The molecule has 0 aliphatic carbocycles. The lowest BCUT2D eigenvalue weighted by Gasteiger charge is -2.24. The van der Waals surface area contributed by atoms with Gasteiger partial charge in [-0.05, 0) is 18.2 Å². The Balaban J connectivity index is 2.46. The number of anilines is 1. The minimum Gasteiger partial charge on any atom is -0.423 e. The van der Waals surface area contributed by atoms with E-state index in [1.165, 1.54) is 18.2 Å². The summed E-state index contributed by atoms with van der Waals surface area (Å²) in [6.07, 6.45) is -3.82. The SMILES string of the molecule is O=C1Nc2cc(Cl)ccc2OC1(F)F. The summed E-state index contributed by atoms with van der Waals surface area (Å²) in [5, 5.41) is 2.32. The smallest absolute Gasteiger partial charge is 0.423 e. The molecule has 0 fully saturated rings. The molecule has 1 aromatic rings. The second-order valence-electron chi connectivity index (χ2n) is 2.71. The van der Waals surface area contributed by atoms with Crippen molar-refractivity contribution >= 4 is 23.2 Å². The highest BCUT2D eigenvalue weighted by Gasteiger charge is 2.46. The summed E-state index contributed by atoms with van der Waals surface area (Å²) in [4.78, 5) is 10.8. The van der Waals surface area contributed by atoms with Crippen molar-refractivity contribution in [2.45, 2.75) is 6.11 Å². The number of benzene rings is 1. The van der Waals surface area contributed by atoms with Crippen LogP contribution >= 0.6 is 11.6 Å². The van der Waals surface area contributed by atoms with Gasteiger partial charge in [0, 0.05) is 5.02 Å². The number of nitrogens with one attached hydrogen (secondary N) is 1. The summed E-state index contributed by atoms with van der Waals surface area (Å²) in [6.45, 7) is 0. The molecular weight excluding hydrogens is 216 g/mol. The van der Waals surface area contributed by atoms with Gasteiger partial charge in [-0.1, -0.05) is 11.6 Å². The third-order valence-corrected chi connectivity index (χ3v) is 1.93. The highest BCUT2D eigenvalue weighted by Crippen LogP contribution is 2.36. The Morgan fingerprint density at radius 3 is 2.86 bits per heavy atom. The lowest BCUT2D eigenvalue weighted by atomic mass is 10.2. The van der Waals surface area contributed by atoms with Crippen molar-refractivity contribution in [2.75, 3.05) is 5.32 Å². The molecule has 6 heteroatoms. The Morgan fingerprint density at radius 1 is 1.43 bits per heavy atom. The summed E-state index contributed by atoms with van der Waals surface area (Å²) in [5.74, 6) is -1.59. The van der Waals surface area contributed by atoms with Crippen LogP contribution in [0, 0.1) is 0 Å². The van der Waals surface area contributed by atoms with Gasteiger partial charge < -0.3 is 10.1 Å². The number of amides is 1. The van der Waals surface area contributed by atoms with Gasteiger partial charge in [-0.25, -0.2) is 0 Å². The van der Waals surface area contributed by atoms with Crippen molar-refractivity contribution < 1.29 is 18.3 Å². The third-order valence-electron chi connectivity index (χ3n) is 1.69. The molecule has 74 valence electrons. The first-order valence-corrected chi connectivity index (χ1v) is 4.05. The number of carbonyl (C=O) groups excluding carboxylic acids is 1. The van der Waals surface area contributed by atoms with E-state index < -0.39 is 12.0 Å². The van der Waals surface area contributed by atoms with Crippen molar-refractivity contribution in [2.24, 2.45) is 0 Å². The minimum absolute atomic E-state index is 0.0981. The van der Waals surface area contributed by atoms with E-state index in [2.05, 4.69) is 4.74 Å². The van der Waals surface area contributed by atoms with E-state index in [4.69, 9.17) is 11.6 Å². The molecule has 1 amide bonds. The Kier molecular flexibility index (Phi) is 1.85. The molecule has 0 radical (unpaired) electrons. The molecule has 1 heterocycles. The fourth-order valence-corrected chi connectivity index (χ4v) is 1.24. The lowest BCUT2D eigenvalue weighted by Crippen LogP contribution is -2.43. The van der Waals surface area contributed by atoms with Crippen LogP contribution in [-0.4, -0.2) is 12.0 Å². The van der Waals surface area contributed by atoms with Crippen LogP contribution in [0.25, 0.3) is 0 Å². The summed E-state index contributed by atoms with van der Waals surface area (Å²) in [7, 11) is 0. The summed E-state index contributed by atoms with van der Waals surface area (Å²) in [6, 6.07) is 4.00. The summed E-state index contributed by atoms with van der Waals surface area (Å²) >= 11 is 5.60. The fraction of sp³-hybridized carbons (Fsp3) is 0.125. The van der Waals surface area contributed by atoms with Crippen LogP contribution < -0.4 is 10.1 Å². The number of hydrogen-bond acceptors (Lipinski definition) is 2. The lowest BCUT2D eigenvalue weighted by molar-refractivity contribution is -0.189. The van der Waals surface area contributed by atoms with E-state index >= 15 is 0 Å². The van der Waals surface area contributed by atoms with Gasteiger partial charge >= 0.3 is 12.0 Å². The molecule has 2 rings (SSSR count). The number of fused-ring (bicyclic) bond motifs is 1. The quantitative estimate of drug-likeness (QED) is 0.727. The number of halogens is 3. The highest BCUT2D eigenvalue weighted by atomic mass is 35.5. The zero-order chi connectivity index (χ0) is 10.3. The van der Waals surface area contributed by atoms with Gasteiger partial charge in [0.25, 0.3) is 0 Å². The van der Waals surface area contributed by atoms with Crippen LogP contribution in [0.4, 0.5) is 14.5 Å². The van der Waals surface area contributed by atoms with E-state index in [0.717, 1.165) is 0 Å². The van der Waals surface area contributed by atoms with Gasteiger partial charge in [-0.15, -0.1) is 0 Å². The van der Waals surface area contributed by atoms with Crippen molar-refractivity contribution in [1.82, 2.24) is 0 Å². The minimum atomic E-state index is -3.82. The molecule has 1 aliphatic heterocycles. The van der Waals surface area contributed by atoms with E-state index in [9.17, 15) is 13.6 Å². The molecule has 0 saturated carbocycles. The molecule has 1 aromatic carbocycles.